The molecule has 0 spiro atoms. The lowest BCUT2D eigenvalue weighted by molar-refractivity contribution is -0.0683. The van der Waals surface area contributed by atoms with Crippen LogP contribution in [0.25, 0.3) is 0 Å². The minimum atomic E-state index is 0.270. The highest BCUT2D eigenvalue weighted by Crippen LogP contribution is 2.66. The first kappa shape index (κ1) is 79.0. The van der Waals surface area contributed by atoms with Gasteiger partial charge in [0.05, 0.1) is 0 Å². The second-order valence-corrected chi connectivity index (χ2v) is 30.6. The Hall–Kier alpha value is 0. The first-order valence-corrected chi connectivity index (χ1v) is 37.3. The van der Waals surface area contributed by atoms with E-state index in [-0.39, 0.29) is 16.2 Å². The Morgan fingerprint density at radius 2 is 0.203 bits per heavy atom. The van der Waals surface area contributed by atoms with E-state index >= 15 is 0 Å². The third kappa shape index (κ3) is 20.0. The molecule has 0 heterocycles. The molecule has 0 heteroatoms. The highest BCUT2D eigenvalue weighted by Gasteiger charge is 2.55. The lowest BCUT2D eigenvalue weighted by atomic mass is 9.47. The molecule has 0 aliphatic carbocycles. The van der Waals surface area contributed by atoms with Crippen LogP contribution < -0.4 is 0 Å². The van der Waals surface area contributed by atoms with Gasteiger partial charge in [-0.1, -0.05) is 360 Å². The van der Waals surface area contributed by atoms with Gasteiger partial charge >= 0.3 is 0 Å². The van der Waals surface area contributed by atoms with E-state index in [0.717, 1.165) is 0 Å². The van der Waals surface area contributed by atoms with Gasteiger partial charge in [-0.25, -0.2) is 0 Å². The van der Waals surface area contributed by atoms with E-state index in [9.17, 15) is 0 Å². The van der Waals surface area contributed by atoms with Crippen molar-refractivity contribution in [1.29, 1.82) is 0 Å². The van der Waals surface area contributed by atoms with Crippen molar-refractivity contribution in [2.45, 2.75) is 437 Å². The van der Waals surface area contributed by atoms with Crippen LogP contribution in [0.2, 0.25) is 0 Å². The fraction of sp³-hybridized carbons (Fsp3) is 1.00. The van der Waals surface area contributed by atoms with Gasteiger partial charge in [0.2, 0.25) is 0 Å². The molecular formula is C79H160. The van der Waals surface area contributed by atoms with Gasteiger partial charge in [0, 0.05) is 0 Å². The predicted octanol–water partition coefficient (Wildman–Crippen LogP) is 29.2. The molecule has 0 aromatic carbocycles. The maximum absolute atomic E-state index is 2.63. The van der Waals surface area contributed by atoms with E-state index in [1.165, 1.54) is 250 Å². The highest BCUT2D eigenvalue weighted by molar-refractivity contribution is 5.06. The van der Waals surface area contributed by atoms with E-state index < -0.39 is 0 Å². The van der Waals surface area contributed by atoms with E-state index in [0.29, 0.717) is 54.7 Å². The largest absolute Gasteiger partial charge is 0.0649 e. The van der Waals surface area contributed by atoms with Gasteiger partial charge in [-0.2, -0.15) is 0 Å². The van der Waals surface area contributed by atoms with Gasteiger partial charge < -0.3 is 0 Å². The zero-order valence-corrected chi connectivity index (χ0v) is 61.2. The Labute approximate surface area is 505 Å². The van der Waals surface area contributed by atoms with Gasteiger partial charge in [0.1, 0.15) is 0 Å². The van der Waals surface area contributed by atoms with Gasteiger partial charge in [-0.3, -0.25) is 0 Å². The average Bonchev–Trinajstić information content (AvgIpc) is 3.50. The Morgan fingerprint density at radius 3 is 0.266 bits per heavy atom. The predicted molar refractivity (Wildman–Crippen MR) is 366 cm³/mol. The minimum absolute atomic E-state index is 0.270. The molecule has 0 amide bonds. The molecule has 0 N–H and O–H groups in total. The third-order valence-electron chi connectivity index (χ3n) is 29.2. The minimum Gasteiger partial charge on any atom is -0.0649 e. The van der Waals surface area contributed by atoms with Crippen molar-refractivity contribution in [3.63, 3.8) is 0 Å². The fourth-order valence-electron chi connectivity index (χ4n) is 20.6. The Morgan fingerprint density at radius 1 is 0.127 bits per heavy atom. The summed E-state index contributed by atoms with van der Waals surface area (Å²) in [5.74, 6) is 0.680. The lowest BCUT2D eigenvalue weighted by Gasteiger charge is -2.58. The Bertz CT molecular complexity index is 1080. The van der Waals surface area contributed by atoms with E-state index in [2.05, 4.69) is 187 Å². The maximum atomic E-state index is 2.63. The lowest BCUT2D eigenvalue weighted by Crippen LogP contribution is -2.46. The number of hydrogen-bond donors (Lipinski definition) is 0. The van der Waals surface area contributed by atoms with Crippen molar-refractivity contribution < 1.29 is 0 Å². The summed E-state index contributed by atoms with van der Waals surface area (Å²) in [6, 6.07) is 0. The molecule has 0 fully saturated rings. The van der Waals surface area contributed by atoms with Crippen molar-refractivity contribution in [2.24, 2.45) is 70.9 Å². The molecule has 0 saturated carbocycles. The summed E-state index contributed by atoms with van der Waals surface area (Å²) < 4.78 is 0. The van der Waals surface area contributed by atoms with Crippen LogP contribution in [0.1, 0.15) is 437 Å². The molecule has 0 bridgehead atoms. The van der Waals surface area contributed by atoms with Crippen LogP contribution in [-0.4, -0.2) is 0 Å². The SMILES string of the molecule is CCC(CC)(CC)CC(CC(CC(CC(CC)(CC)CC)(CC(CC)(CC)CC)CC(CC)(CC)CC)CC(CC(CC)(CC)CC)(CC(CC)(CC)CC)CC(CC)(CC)CC)(CC(CC)(CC)CC)CC(CC)(CC)CC. The average molecular weight is 1110 g/mol. The maximum Gasteiger partial charge on any atom is -0.0279 e. The molecule has 0 saturated heterocycles. The second-order valence-electron chi connectivity index (χ2n) is 30.6. The molecule has 0 radical (unpaired) electrons. The smallest absolute Gasteiger partial charge is 0.0279 e. The van der Waals surface area contributed by atoms with Crippen molar-refractivity contribution in [2.75, 3.05) is 0 Å². The Kier molecular flexibility index (Phi) is 35.6. The molecule has 0 aromatic heterocycles. The van der Waals surface area contributed by atoms with Crippen LogP contribution in [0.3, 0.4) is 0 Å². The molecule has 0 nitrogen and oxygen atoms in total. The monoisotopic (exact) mass is 1110 g/mol. The summed E-state index contributed by atoms with van der Waals surface area (Å²) in [6.07, 6.45) is 53.0. The number of hydrogen-bond acceptors (Lipinski definition) is 0. The first-order chi connectivity index (χ1) is 37.3. The van der Waals surface area contributed by atoms with E-state index in [1.807, 2.05) is 0 Å². The molecule has 0 unspecified atom stereocenters. The highest BCUT2D eigenvalue weighted by atomic mass is 14.6. The van der Waals surface area contributed by atoms with Gasteiger partial charge in [0.15, 0.2) is 0 Å². The normalized spacial score (nSPS) is 14.6. The molecule has 79 heavy (non-hydrogen) atoms. The number of rotatable bonds is 51. The topological polar surface area (TPSA) is 0 Å². The molecule has 0 aliphatic rings. The van der Waals surface area contributed by atoms with Crippen molar-refractivity contribution >= 4 is 0 Å². The molecule has 0 aliphatic heterocycles. The quantitative estimate of drug-likeness (QED) is 0.0569. The van der Waals surface area contributed by atoms with Crippen LogP contribution in [0.5, 0.6) is 0 Å². The van der Waals surface area contributed by atoms with Crippen LogP contribution in [0.15, 0.2) is 0 Å². The summed E-state index contributed by atoms with van der Waals surface area (Å²) in [5.41, 5.74) is 4.16. The van der Waals surface area contributed by atoms with E-state index in [1.54, 1.807) is 0 Å². The Balaban J connectivity index is 10.8. The van der Waals surface area contributed by atoms with Gasteiger partial charge in [-0.15, -0.1) is 0 Å². The summed E-state index contributed by atoms with van der Waals surface area (Å²) in [6.45, 7) is 71.0. The zero-order valence-electron chi connectivity index (χ0n) is 61.2. The summed E-state index contributed by atoms with van der Waals surface area (Å²) >= 11 is 0. The standard InChI is InChI=1S/C79H160/c1-28-68(29-2,30-3)58-77(59-69(31-4,32-5)33-6,60-70(34-7,35-8)36-9)55-67(56-78(61-71(37-10,38-11)39-12,62-72(40-13,41-14)42-15)63-73(43-16,44-17)45-18)57-79(64-74(46-19,47-20)48-21,65-75(49-22,50-23)51-24)66-76(52-25,53-26)54-27/h67H,28-66H2,1-27H3. The van der Waals surface area contributed by atoms with Crippen molar-refractivity contribution in [3.05, 3.63) is 0 Å². The van der Waals surface area contributed by atoms with Gasteiger partial charge in [-0.05, 0) is 148 Å². The van der Waals surface area contributed by atoms with Crippen LogP contribution >= 0.6 is 0 Å². The molecule has 0 rings (SSSR count). The second kappa shape index (κ2) is 35.6. The van der Waals surface area contributed by atoms with Crippen molar-refractivity contribution in [1.82, 2.24) is 0 Å². The molecule has 0 atom stereocenters. The molecule has 0 aromatic rings. The molecular weight excluding hydrogens is 949 g/mol. The zero-order chi connectivity index (χ0) is 61.2. The fourth-order valence-corrected chi connectivity index (χ4v) is 20.6. The third-order valence-corrected chi connectivity index (χ3v) is 29.2. The summed E-state index contributed by atoms with van der Waals surface area (Å²) in [7, 11) is 0. The first-order valence-electron chi connectivity index (χ1n) is 37.3. The van der Waals surface area contributed by atoms with Crippen LogP contribution in [0, 0.1) is 70.9 Å². The van der Waals surface area contributed by atoms with Crippen LogP contribution in [-0.2, 0) is 0 Å². The van der Waals surface area contributed by atoms with Crippen molar-refractivity contribution in [3.8, 4) is 0 Å². The molecule has 476 valence electrons. The van der Waals surface area contributed by atoms with Crippen LogP contribution in [0.4, 0.5) is 0 Å². The summed E-state index contributed by atoms with van der Waals surface area (Å²) in [4.78, 5) is 0. The van der Waals surface area contributed by atoms with Gasteiger partial charge in [0.25, 0.3) is 0 Å². The summed E-state index contributed by atoms with van der Waals surface area (Å²) in [5, 5.41) is 0. The van der Waals surface area contributed by atoms with E-state index in [4.69, 9.17) is 0 Å².